The van der Waals surface area contributed by atoms with E-state index in [1.807, 2.05) is 0 Å². The Kier molecular flexibility index (Phi) is 7.44. The van der Waals surface area contributed by atoms with E-state index in [1.165, 1.54) is 23.2 Å². The third-order valence-electron chi connectivity index (χ3n) is 5.90. The van der Waals surface area contributed by atoms with Gasteiger partial charge in [-0.3, -0.25) is 24.3 Å². The molecule has 0 aliphatic carbocycles. The Bertz CT molecular complexity index is 1250. The number of aliphatic carboxylic acids is 1. The predicted molar refractivity (Wildman–Crippen MR) is 135 cm³/mol. The van der Waals surface area contributed by atoms with Gasteiger partial charge in [0.2, 0.25) is 11.9 Å². The number of rotatable bonds is 9. The molecule has 0 saturated carbocycles. The van der Waals surface area contributed by atoms with E-state index in [0.717, 1.165) is 16.2 Å². The van der Waals surface area contributed by atoms with Crippen molar-refractivity contribution in [1.29, 1.82) is 0 Å². The van der Waals surface area contributed by atoms with Gasteiger partial charge in [-0.15, -0.1) is 28.0 Å². The molecule has 196 valence electrons. The van der Waals surface area contributed by atoms with Crippen LogP contribution in [0.4, 0.5) is 5.13 Å². The number of nitrogen functional groups attached to an aromatic ring is 1. The molecule has 2 fully saturated rings. The molecule has 4 heterocycles. The third-order valence-corrected chi connectivity index (χ3v) is 7.89. The standard InChI is InChI=1S/C20H23N9O6S2/c21-19(22)24-2-4-28-3-1-8(15(28)31)5-9-6-36-17-12(16(32)29(17)13(9)18(33)34)26-14(30)11(27-35)10-7-37-20(23)25-10/h5,7,11-12,17H,1-4,6H2,(H2,23,25)(H,26,30)(H,33,34)(H4,21,22,24). The van der Waals surface area contributed by atoms with Crippen LogP contribution in [-0.4, -0.2) is 86.3 Å². The van der Waals surface area contributed by atoms with Crippen molar-refractivity contribution in [2.45, 2.75) is 23.9 Å². The number of amides is 3. The molecule has 4 rings (SSSR count). The zero-order valence-corrected chi connectivity index (χ0v) is 20.8. The fourth-order valence-electron chi connectivity index (χ4n) is 4.17. The summed E-state index contributed by atoms with van der Waals surface area (Å²) in [6.07, 6.45) is 1.91. The molecule has 1 aromatic rings. The number of nitrogens with one attached hydrogen (secondary N) is 1. The zero-order chi connectivity index (χ0) is 26.9. The van der Waals surface area contributed by atoms with Crippen LogP contribution in [0.1, 0.15) is 18.2 Å². The minimum atomic E-state index is -1.50. The van der Waals surface area contributed by atoms with Crippen molar-refractivity contribution in [3.63, 3.8) is 0 Å². The lowest BCUT2D eigenvalue weighted by molar-refractivity contribution is -0.150. The van der Waals surface area contributed by atoms with E-state index in [9.17, 15) is 29.2 Å². The number of thioether (sulfide) groups is 1. The highest BCUT2D eigenvalue weighted by Crippen LogP contribution is 2.41. The van der Waals surface area contributed by atoms with Gasteiger partial charge in [0.05, 0.1) is 12.2 Å². The quantitative estimate of drug-likeness (QED) is 0.0797. The molecule has 37 heavy (non-hydrogen) atoms. The lowest BCUT2D eigenvalue weighted by atomic mass is 10.0. The summed E-state index contributed by atoms with van der Waals surface area (Å²) < 4.78 is 0. The Morgan fingerprint density at radius 1 is 1.35 bits per heavy atom. The van der Waals surface area contributed by atoms with E-state index in [-0.39, 0.29) is 40.7 Å². The maximum absolute atomic E-state index is 12.9. The van der Waals surface area contributed by atoms with Gasteiger partial charge in [-0.1, -0.05) is 0 Å². The van der Waals surface area contributed by atoms with Gasteiger partial charge in [-0.2, -0.15) is 0 Å². The third kappa shape index (κ3) is 5.12. The highest BCUT2D eigenvalue weighted by molar-refractivity contribution is 8.00. The monoisotopic (exact) mass is 549 g/mol. The number of carbonyl (C=O) groups is 4. The summed E-state index contributed by atoms with van der Waals surface area (Å²) in [4.78, 5) is 72.0. The molecule has 2 saturated heterocycles. The number of β-lactam (4-membered cyclic amide) rings is 1. The van der Waals surface area contributed by atoms with E-state index in [0.29, 0.717) is 30.7 Å². The molecular formula is C20H23N9O6S2. The molecule has 3 amide bonds. The first-order valence-electron chi connectivity index (χ1n) is 10.9. The summed E-state index contributed by atoms with van der Waals surface area (Å²) in [6, 6.07) is -2.55. The number of guanidine groups is 1. The van der Waals surface area contributed by atoms with Crippen molar-refractivity contribution in [2.75, 3.05) is 31.1 Å². The van der Waals surface area contributed by atoms with E-state index >= 15 is 0 Å². The van der Waals surface area contributed by atoms with E-state index in [4.69, 9.17) is 17.2 Å². The second kappa shape index (κ2) is 10.6. The number of allylic oxidation sites excluding steroid dienone is 1. The molecule has 1 aromatic heterocycles. The Hall–Kier alpha value is -3.99. The number of carboxylic acid groups (broad SMARTS) is 1. The first-order valence-corrected chi connectivity index (χ1v) is 12.8. The highest BCUT2D eigenvalue weighted by atomic mass is 32.2. The Balaban J connectivity index is 1.48. The lowest BCUT2D eigenvalue weighted by Crippen LogP contribution is -2.70. The van der Waals surface area contributed by atoms with Gasteiger partial charge in [0.15, 0.2) is 11.1 Å². The van der Waals surface area contributed by atoms with Gasteiger partial charge in [0, 0.05) is 29.8 Å². The smallest absolute Gasteiger partial charge is 0.352 e. The molecule has 15 nitrogen and oxygen atoms in total. The molecule has 0 spiro atoms. The number of thiazole rings is 1. The van der Waals surface area contributed by atoms with Crippen LogP contribution in [0.2, 0.25) is 0 Å². The molecule has 3 aliphatic heterocycles. The van der Waals surface area contributed by atoms with Gasteiger partial charge < -0.3 is 32.5 Å². The number of aliphatic imine (C=N–C) groups is 1. The number of nitrogens with zero attached hydrogens (tertiary/aromatic N) is 5. The first kappa shape index (κ1) is 26.1. The van der Waals surface area contributed by atoms with Crippen molar-refractivity contribution in [2.24, 2.45) is 21.6 Å². The average molecular weight is 550 g/mol. The maximum Gasteiger partial charge on any atom is 0.352 e. The fourth-order valence-corrected chi connectivity index (χ4v) is 6.06. The Labute approximate surface area is 217 Å². The second-order valence-corrected chi connectivity index (χ2v) is 10.2. The topological polar surface area (TPSA) is 240 Å². The summed E-state index contributed by atoms with van der Waals surface area (Å²) in [5, 5.41) is 16.0. The zero-order valence-electron chi connectivity index (χ0n) is 19.2. The molecule has 0 aromatic carbocycles. The van der Waals surface area contributed by atoms with Gasteiger partial charge >= 0.3 is 5.97 Å². The number of nitroso groups, excluding NO2 is 1. The van der Waals surface area contributed by atoms with Gasteiger partial charge in [-0.05, 0) is 23.2 Å². The van der Waals surface area contributed by atoms with Crippen LogP contribution in [0.5, 0.6) is 0 Å². The van der Waals surface area contributed by atoms with Crippen molar-refractivity contribution >= 4 is 57.9 Å². The van der Waals surface area contributed by atoms with Crippen LogP contribution >= 0.6 is 23.1 Å². The summed E-state index contributed by atoms with van der Waals surface area (Å²) in [5.41, 5.74) is 16.7. The number of hydrogen-bond donors (Lipinski definition) is 5. The molecule has 8 N–H and O–H groups in total. The van der Waals surface area contributed by atoms with E-state index < -0.39 is 35.2 Å². The van der Waals surface area contributed by atoms with Crippen LogP contribution in [0.15, 0.2) is 38.5 Å². The van der Waals surface area contributed by atoms with Crippen LogP contribution in [0.3, 0.4) is 0 Å². The largest absolute Gasteiger partial charge is 0.477 e. The van der Waals surface area contributed by atoms with E-state index in [1.54, 1.807) is 4.90 Å². The number of nitrogens with two attached hydrogens (primary N) is 3. The lowest BCUT2D eigenvalue weighted by Gasteiger charge is -2.49. The molecule has 0 radical (unpaired) electrons. The van der Waals surface area contributed by atoms with Crippen molar-refractivity contribution in [1.82, 2.24) is 20.1 Å². The van der Waals surface area contributed by atoms with Gasteiger partial charge in [0.25, 0.3) is 11.8 Å². The molecule has 3 unspecified atom stereocenters. The predicted octanol–water partition coefficient (Wildman–Crippen LogP) is -1.30. The Morgan fingerprint density at radius 2 is 2.11 bits per heavy atom. The number of hydrogen-bond acceptors (Lipinski definition) is 11. The van der Waals surface area contributed by atoms with Gasteiger partial charge in [-0.25, -0.2) is 9.78 Å². The molecule has 17 heteroatoms. The maximum atomic E-state index is 12.9. The normalized spacial score (nSPS) is 23.0. The van der Waals surface area contributed by atoms with Crippen molar-refractivity contribution in [3.05, 3.63) is 38.9 Å². The summed E-state index contributed by atoms with van der Waals surface area (Å²) in [5.74, 6) is -2.98. The fraction of sp³-hybridized carbons (Fsp3) is 0.400. The first-order chi connectivity index (χ1) is 17.6. The van der Waals surface area contributed by atoms with Gasteiger partial charge in [0.1, 0.15) is 17.1 Å². The number of carbonyl (C=O) groups excluding carboxylic acids is 3. The SMILES string of the molecule is NC(N)=NCCN1CCC(=CC2=C(C(=O)O)N3C(=O)C(NC(=O)C(N=O)c4csc(N)n4)C3SC2)C1=O. The summed E-state index contributed by atoms with van der Waals surface area (Å²) in [7, 11) is 0. The van der Waals surface area contributed by atoms with Crippen LogP contribution in [0.25, 0.3) is 0 Å². The molecule has 3 aliphatic rings. The molecule has 3 atom stereocenters. The second-order valence-electron chi connectivity index (χ2n) is 8.21. The van der Waals surface area contributed by atoms with Crippen LogP contribution in [0, 0.1) is 4.91 Å². The highest BCUT2D eigenvalue weighted by Gasteiger charge is 2.54. The number of fused-ring (bicyclic) bond motifs is 1. The van der Waals surface area contributed by atoms with E-state index in [2.05, 4.69) is 20.5 Å². The van der Waals surface area contributed by atoms with Crippen LogP contribution in [-0.2, 0) is 19.2 Å². The molecule has 0 bridgehead atoms. The van der Waals surface area contributed by atoms with Crippen molar-refractivity contribution < 1.29 is 24.3 Å². The van der Waals surface area contributed by atoms with Crippen molar-refractivity contribution in [3.8, 4) is 0 Å². The summed E-state index contributed by atoms with van der Waals surface area (Å²) in [6.45, 7) is 0.989. The molecular weight excluding hydrogens is 526 g/mol. The minimum absolute atomic E-state index is 0.0588. The number of aromatic nitrogens is 1. The number of anilines is 1. The average Bonchev–Trinajstić information content (AvgIpc) is 3.42. The minimum Gasteiger partial charge on any atom is -0.477 e. The number of carboxylic acids is 1. The summed E-state index contributed by atoms with van der Waals surface area (Å²) >= 11 is 2.26. The van der Waals surface area contributed by atoms with Crippen LogP contribution < -0.4 is 22.5 Å². The Morgan fingerprint density at radius 3 is 2.73 bits per heavy atom. The number of likely N-dealkylation sites (tertiary alicyclic amines) is 1.